The molecule has 2 aliphatic rings. The van der Waals surface area contributed by atoms with E-state index in [1.807, 2.05) is 23.9 Å². The predicted molar refractivity (Wildman–Crippen MR) is 128 cm³/mol. The molecule has 5 nitrogen and oxygen atoms in total. The van der Waals surface area contributed by atoms with E-state index >= 15 is 0 Å². The van der Waals surface area contributed by atoms with Gasteiger partial charge < -0.3 is 19.7 Å². The lowest BCUT2D eigenvalue weighted by Crippen LogP contribution is -2.41. The van der Waals surface area contributed by atoms with Crippen molar-refractivity contribution in [1.29, 1.82) is 0 Å². The second kappa shape index (κ2) is 11.5. The second-order valence-electron chi connectivity index (χ2n) is 7.74. The van der Waals surface area contributed by atoms with Gasteiger partial charge in [-0.2, -0.15) is 0 Å². The van der Waals surface area contributed by atoms with Crippen LogP contribution in [0.3, 0.4) is 0 Å². The third-order valence-corrected chi connectivity index (χ3v) is 6.79. The lowest BCUT2D eigenvalue weighted by Gasteiger charge is -2.25. The summed E-state index contributed by atoms with van der Waals surface area (Å²) in [5, 5.41) is 3.49. The number of thioether (sulfide) groups is 1. The lowest BCUT2D eigenvalue weighted by molar-refractivity contribution is 0.156. The van der Waals surface area contributed by atoms with Crippen molar-refractivity contribution in [2.75, 3.05) is 52.3 Å². The minimum Gasteiger partial charge on any atom is -0.496 e. The molecular formula is C21H34IN3O2S. The van der Waals surface area contributed by atoms with Crippen molar-refractivity contribution < 1.29 is 9.47 Å². The van der Waals surface area contributed by atoms with Crippen LogP contribution < -0.4 is 10.1 Å². The molecule has 0 amide bonds. The fraction of sp³-hybridized carbons (Fsp3) is 0.667. The summed E-state index contributed by atoms with van der Waals surface area (Å²) < 4.78 is 11.1. The average molecular weight is 519 g/mol. The molecule has 1 spiro atoms. The summed E-state index contributed by atoms with van der Waals surface area (Å²) in [5.41, 5.74) is 0.363. The summed E-state index contributed by atoms with van der Waals surface area (Å²) >= 11 is 1.85. The SMILES string of the molecule is CCNC(=NCC(C)CSc1ccccc1OC)N1CCC2(CCOC2)C1.I. The molecule has 2 atom stereocenters. The first-order valence-electron chi connectivity index (χ1n) is 10.0. The number of aliphatic imine (C=N–C) groups is 1. The first-order valence-corrected chi connectivity index (χ1v) is 11.0. The molecule has 2 aliphatic heterocycles. The van der Waals surface area contributed by atoms with Gasteiger partial charge in [0.05, 0.1) is 13.7 Å². The highest BCUT2D eigenvalue weighted by Crippen LogP contribution is 2.38. The molecule has 1 aromatic carbocycles. The second-order valence-corrected chi connectivity index (χ2v) is 8.80. The van der Waals surface area contributed by atoms with Crippen LogP contribution in [0.1, 0.15) is 26.7 Å². The highest BCUT2D eigenvalue weighted by molar-refractivity contribution is 14.0. The van der Waals surface area contributed by atoms with E-state index in [9.17, 15) is 0 Å². The zero-order valence-electron chi connectivity index (χ0n) is 17.3. The molecule has 1 N–H and O–H groups in total. The number of methoxy groups -OCH3 is 1. The van der Waals surface area contributed by atoms with Crippen molar-refractivity contribution in [3.8, 4) is 5.75 Å². The molecule has 2 saturated heterocycles. The molecule has 28 heavy (non-hydrogen) atoms. The highest BCUT2D eigenvalue weighted by Gasteiger charge is 2.42. The zero-order valence-corrected chi connectivity index (χ0v) is 20.4. The number of benzene rings is 1. The minimum atomic E-state index is 0. The average Bonchev–Trinajstić information content (AvgIpc) is 3.33. The van der Waals surface area contributed by atoms with Gasteiger partial charge in [-0.3, -0.25) is 4.99 Å². The Balaban J connectivity index is 0.00000280. The van der Waals surface area contributed by atoms with E-state index in [4.69, 9.17) is 14.5 Å². The first-order chi connectivity index (χ1) is 13.2. The molecule has 3 rings (SSSR count). The van der Waals surface area contributed by atoms with Crippen molar-refractivity contribution in [1.82, 2.24) is 10.2 Å². The fourth-order valence-corrected chi connectivity index (χ4v) is 4.82. The number of ether oxygens (including phenoxy) is 2. The summed E-state index contributed by atoms with van der Waals surface area (Å²) in [6, 6.07) is 8.21. The van der Waals surface area contributed by atoms with Crippen LogP contribution in [0.25, 0.3) is 0 Å². The third kappa shape index (κ3) is 6.16. The van der Waals surface area contributed by atoms with Gasteiger partial charge in [-0.15, -0.1) is 35.7 Å². The molecule has 0 aliphatic carbocycles. The van der Waals surface area contributed by atoms with E-state index in [1.165, 1.54) is 17.7 Å². The molecule has 2 unspecified atom stereocenters. The van der Waals surface area contributed by atoms with Crippen molar-refractivity contribution in [2.24, 2.45) is 16.3 Å². The van der Waals surface area contributed by atoms with Gasteiger partial charge in [-0.25, -0.2) is 0 Å². The van der Waals surface area contributed by atoms with Crippen LogP contribution in [0.15, 0.2) is 34.2 Å². The zero-order chi connectivity index (χ0) is 19.1. The number of nitrogens with zero attached hydrogens (tertiary/aromatic N) is 2. The molecule has 0 saturated carbocycles. The number of hydrogen-bond donors (Lipinski definition) is 1. The topological polar surface area (TPSA) is 46.1 Å². The third-order valence-electron chi connectivity index (χ3n) is 5.40. The van der Waals surface area contributed by atoms with Gasteiger partial charge in [0, 0.05) is 48.8 Å². The number of likely N-dealkylation sites (tertiary alicyclic amines) is 1. The Labute approximate surface area is 191 Å². The molecule has 1 aromatic rings. The number of para-hydroxylation sites is 1. The molecule has 2 fully saturated rings. The molecule has 2 heterocycles. The normalized spacial score (nSPS) is 23.0. The number of rotatable bonds is 7. The largest absolute Gasteiger partial charge is 0.496 e. The monoisotopic (exact) mass is 519 g/mol. The van der Waals surface area contributed by atoms with Gasteiger partial charge in [-0.1, -0.05) is 19.1 Å². The summed E-state index contributed by atoms with van der Waals surface area (Å²) in [5.74, 6) is 3.55. The Bertz CT molecular complexity index is 638. The summed E-state index contributed by atoms with van der Waals surface area (Å²) in [6.45, 7) is 10.1. The van der Waals surface area contributed by atoms with Crippen molar-refractivity contribution in [3.63, 3.8) is 0 Å². The minimum absolute atomic E-state index is 0. The summed E-state index contributed by atoms with van der Waals surface area (Å²) in [4.78, 5) is 8.58. The first kappa shape index (κ1) is 23.6. The van der Waals surface area contributed by atoms with Crippen LogP contribution in [0, 0.1) is 11.3 Å². The van der Waals surface area contributed by atoms with E-state index in [1.54, 1.807) is 7.11 Å². The molecule has 158 valence electrons. The highest BCUT2D eigenvalue weighted by atomic mass is 127. The Hall–Kier alpha value is -0.670. The van der Waals surface area contributed by atoms with Gasteiger partial charge in [0.2, 0.25) is 0 Å². The van der Waals surface area contributed by atoms with Gasteiger partial charge in [0.25, 0.3) is 0 Å². The van der Waals surface area contributed by atoms with Crippen molar-refractivity contribution in [2.45, 2.75) is 31.6 Å². The van der Waals surface area contributed by atoms with Crippen LogP contribution in [-0.2, 0) is 4.74 Å². The Morgan fingerprint density at radius 2 is 2.21 bits per heavy atom. The van der Waals surface area contributed by atoms with Crippen molar-refractivity contribution in [3.05, 3.63) is 24.3 Å². The number of nitrogens with one attached hydrogen (secondary N) is 1. The quantitative estimate of drug-likeness (QED) is 0.254. The van der Waals surface area contributed by atoms with E-state index in [2.05, 4.69) is 36.2 Å². The van der Waals surface area contributed by atoms with Crippen LogP contribution in [0.4, 0.5) is 0 Å². The maximum Gasteiger partial charge on any atom is 0.193 e. The van der Waals surface area contributed by atoms with E-state index in [0.29, 0.717) is 11.3 Å². The number of guanidine groups is 1. The summed E-state index contributed by atoms with van der Waals surface area (Å²) in [7, 11) is 1.73. The molecule has 7 heteroatoms. The van der Waals surface area contributed by atoms with Crippen LogP contribution in [0.2, 0.25) is 0 Å². The number of halogens is 1. The Morgan fingerprint density at radius 1 is 1.39 bits per heavy atom. The molecular weight excluding hydrogens is 485 g/mol. The van der Waals surface area contributed by atoms with Gasteiger partial charge in [-0.05, 0) is 37.8 Å². The van der Waals surface area contributed by atoms with E-state index < -0.39 is 0 Å². The van der Waals surface area contributed by atoms with Crippen molar-refractivity contribution >= 4 is 41.7 Å². The molecule has 0 radical (unpaired) electrons. The predicted octanol–water partition coefficient (Wildman–Crippen LogP) is 4.12. The fourth-order valence-electron chi connectivity index (χ4n) is 3.78. The maximum absolute atomic E-state index is 5.66. The maximum atomic E-state index is 5.66. The van der Waals surface area contributed by atoms with Crippen LogP contribution >= 0.6 is 35.7 Å². The Morgan fingerprint density at radius 3 is 2.93 bits per heavy atom. The standard InChI is InChI=1S/C21H33N3O2S.HI/c1-4-22-20(24-11-9-21(15-24)10-12-26-16-21)23-13-17(2)14-27-19-8-6-5-7-18(19)25-3;/h5-8,17H,4,9-16H2,1-3H3,(H,22,23);1H. The smallest absolute Gasteiger partial charge is 0.193 e. The van der Waals surface area contributed by atoms with Gasteiger partial charge >= 0.3 is 0 Å². The van der Waals surface area contributed by atoms with Crippen LogP contribution in [-0.4, -0.2) is 63.1 Å². The van der Waals surface area contributed by atoms with E-state index in [0.717, 1.165) is 56.9 Å². The van der Waals surface area contributed by atoms with Crippen LogP contribution in [0.5, 0.6) is 5.75 Å². The lowest BCUT2D eigenvalue weighted by atomic mass is 9.87. The molecule has 0 aromatic heterocycles. The van der Waals surface area contributed by atoms with Gasteiger partial charge in [0.15, 0.2) is 5.96 Å². The molecule has 0 bridgehead atoms. The number of hydrogen-bond acceptors (Lipinski definition) is 4. The Kier molecular flexibility index (Phi) is 9.69. The summed E-state index contributed by atoms with van der Waals surface area (Å²) in [6.07, 6.45) is 2.41. The van der Waals surface area contributed by atoms with E-state index in [-0.39, 0.29) is 24.0 Å². The van der Waals surface area contributed by atoms with Gasteiger partial charge in [0.1, 0.15) is 5.75 Å².